The molecule has 0 spiro atoms. The van der Waals surface area contributed by atoms with E-state index in [2.05, 4.69) is 20.8 Å². The van der Waals surface area contributed by atoms with Crippen molar-refractivity contribution in [3.63, 3.8) is 0 Å². The minimum Gasteiger partial charge on any atom is -0.452 e. The summed E-state index contributed by atoms with van der Waals surface area (Å²) in [6.07, 6.45) is 0. The average Bonchev–Trinajstić information content (AvgIpc) is 3.44. The number of hydrogen-bond acceptors (Lipinski definition) is 6. The van der Waals surface area contributed by atoms with E-state index in [0.717, 1.165) is 29.1 Å². The number of ether oxygens (including phenoxy) is 1. The topological polar surface area (TPSA) is 70.2 Å². The quantitative estimate of drug-likeness (QED) is 0.424. The predicted octanol–water partition coefficient (Wildman–Crippen LogP) is 4.93. The van der Waals surface area contributed by atoms with Gasteiger partial charge >= 0.3 is 5.97 Å². The van der Waals surface area contributed by atoms with Gasteiger partial charge in [0.2, 0.25) is 5.89 Å². The fraction of sp³-hybridized carbons (Fsp3) is 0.227. The molecular weight excluding hydrogens is 386 g/mol. The van der Waals surface area contributed by atoms with Crippen LogP contribution in [-0.4, -0.2) is 20.7 Å². The maximum absolute atomic E-state index is 12.6. The molecule has 0 saturated carbocycles. The number of aryl methyl sites for hydroxylation is 2. The number of aromatic nitrogens is 3. The zero-order chi connectivity index (χ0) is 20.4. The molecule has 29 heavy (non-hydrogen) atoms. The minimum absolute atomic E-state index is 0.0633. The normalized spacial score (nSPS) is 11.0. The van der Waals surface area contributed by atoms with Crippen molar-refractivity contribution in [2.75, 3.05) is 0 Å². The molecule has 6 nitrogen and oxygen atoms in total. The third kappa shape index (κ3) is 4.14. The monoisotopic (exact) mass is 407 g/mol. The summed E-state index contributed by atoms with van der Waals surface area (Å²) in [4.78, 5) is 13.8. The molecule has 0 aliphatic carbocycles. The maximum atomic E-state index is 12.6. The lowest BCUT2D eigenvalue weighted by atomic mass is 10.1. The van der Waals surface area contributed by atoms with Crippen LogP contribution in [0.4, 0.5) is 0 Å². The molecule has 0 fully saturated rings. The number of hydrogen-bond donors (Lipinski definition) is 0. The van der Waals surface area contributed by atoms with Gasteiger partial charge in [-0.25, -0.2) is 4.79 Å². The largest absolute Gasteiger partial charge is 0.452 e. The van der Waals surface area contributed by atoms with E-state index in [0.29, 0.717) is 11.5 Å². The van der Waals surface area contributed by atoms with Crippen LogP contribution in [0.1, 0.15) is 38.1 Å². The van der Waals surface area contributed by atoms with E-state index in [4.69, 9.17) is 9.15 Å². The first-order valence-electron chi connectivity index (χ1n) is 9.27. The van der Waals surface area contributed by atoms with Crippen LogP contribution in [0.25, 0.3) is 11.5 Å². The molecule has 0 unspecified atom stereocenters. The molecule has 0 atom stereocenters. The molecule has 7 heteroatoms. The fourth-order valence-electron chi connectivity index (χ4n) is 3.22. The number of rotatable bonds is 6. The Kier molecular flexibility index (Phi) is 5.31. The van der Waals surface area contributed by atoms with Crippen molar-refractivity contribution in [3.05, 3.63) is 81.1 Å². The van der Waals surface area contributed by atoms with E-state index in [1.807, 2.05) is 62.5 Å². The highest BCUT2D eigenvalue weighted by Crippen LogP contribution is 2.22. The molecule has 0 N–H and O–H groups in total. The van der Waals surface area contributed by atoms with Gasteiger partial charge in [-0.1, -0.05) is 23.8 Å². The number of carbonyl (C=O) groups is 1. The Morgan fingerprint density at radius 1 is 1.14 bits per heavy atom. The van der Waals surface area contributed by atoms with Gasteiger partial charge < -0.3 is 13.7 Å². The minimum atomic E-state index is -0.397. The van der Waals surface area contributed by atoms with Crippen LogP contribution in [-0.2, 0) is 17.9 Å². The molecule has 0 amide bonds. The molecule has 0 saturated heterocycles. The van der Waals surface area contributed by atoms with Crippen LogP contribution >= 0.6 is 11.3 Å². The lowest BCUT2D eigenvalue weighted by molar-refractivity contribution is 0.0437. The summed E-state index contributed by atoms with van der Waals surface area (Å²) in [5.41, 5.74) is 4.39. The van der Waals surface area contributed by atoms with Crippen LogP contribution < -0.4 is 0 Å². The van der Waals surface area contributed by atoms with Gasteiger partial charge in [0.15, 0.2) is 6.61 Å². The summed E-state index contributed by atoms with van der Waals surface area (Å²) in [6.45, 7) is 6.60. The van der Waals surface area contributed by atoms with Gasteiger partial charge in [0.05, 0.1) is 12.1 Å². The fourth-order valence-corrected chi connectivity index (χ4v) is 3.91. The van der Waals surface area contributed by atoms with Gasteiger partial charge in [-0.05, 0) is 50.4 Å². The Morgan fingerprint density at radius 3 is 2.76 bits per heavy atom. The SMILES string of the molecule is Cc1cccc(-c2nnc(COC(=O)c3cc(C)n(Cc4cccs4)c3C)o2)c1. The summed E-state index contributed by atoms with van der Waals surface area (Å²) >= 11 is 1.70. The van der Waals surface area contributed by atoms with E-state index in [-0.39, 0.29) is 12.5 Å². The summed E-state index contributed by atoms with van der Waals surface area (Å²) in [5, 5.41) is 10.1. The number of esters is 1. The first kappa shape index (κ1) is 19.1. The second-order valence-electron chi connectivity index (χ2n) is 6.90. The summed E-state index contributed by atoms with van der Waals surface area (Å²) in [6, 6.07) is 13.8. The van der Waals surface area contributed by atoms with Crippen molar-refractivity contribution in [1.29, 1.82) is 0 Å². The highest BCUT2D eigenvalue weighted by molar-refractivity contribution is 7.09. The first-order chi connectivity index (χ1) is 14.0. The average molecular weight is 407 g/mol. The van der Waals surface area contributed by atoms with E-state index in [9.17, 15) is 4.79 Å². The molecular formula is C22H21N3O3S. The summed E-state index contributed by atoms with van der Waals surface area (Å²) in [5.74, 6) is 0.280. The molecule has 0 bridgehead atoms. The molecule has 0 aliphatic rings. The van der Waals surface area contributed by atoms with Crippen molar-refractivity contribution < 1.29 is 13.9 Å². The molecule has 4 aromatic rings. The van der Waals surface area contributed by atoms with Crippen LogP contribution in [0.2, 0.25) is 0 Å². The van der Waals surface area contributed by atoms with Crippen molar-refractivity contribution in [3.8, 4) is 11.5 Å². The molecule has 0 aliphatic heterocycles. The number of nitrogens with zero attached hydrogens (tertiary/aromatic N) is 3. The van der Waals surface area contributed by atoms with Crippen molar-refractivity contribution >= 4 is 17.3 Å². The van der Waals surface area contributed by atoms with Crippen molar-refractivity contribution in [2.45, 2.75) is 33.9 Å². The predicted molar refractivity (Wildman–Crippen MR) is 111 cm³/mol. The first-order valence-corrected chi connectivity index (χ1v) is 10.1. The molecule has 4 rings (SSSR count). The smallest absolute Gasteiger partial charge is 0.340 e. The third-order valence-corrected chi connectivity index (χ3v) is 5.61. The van der Waals surface area contributed by atoms with E-state index >= 15 is 0 Å². The molecule has 148 valence electrons. The van der Waals surface area contributed by atoms with Gasteiger partial charge in [0, 0.05) is 21.8 Å². The lowest BCUT2D eigenvalue weighted by Crippen LogP contribution is -2.08. The Bertz CT molecular complexity index is 1140. The van der Waals surface area contributed by atoms with Gasteiger partial charge in [0.1, 0.15) is 0 Å². The van der Waals surface area contributed by atoms with Gasteiger partial charge in [0.25, 0.3) is 5.89 Å². The molecule has 3 aromatic heterocycles. The zero-order valence-electron chi connectivity index (χ0n) is 16.5. The Morgan fingerprint density at radius 2 is 2.00 bits per heavy atom. The van der Waals surface area contributed by atoms with Crippen molar-refractivity contribution in [2.24, 2.45) is 0 Å². The van der Waals surface area contributed by atoms with E-state index in [1.165, 1.54) is 4.88 Å². The Balaban J connectivity index is 1.44. The zero-order valence-corrected chi connectivity index (χ0v) is 17.3. The van der Waals surface area contributed by atoms with E-state index < -0.39 is 5.97 Å². The number of thiophene rings is 1. The summed E-state index contributed by atoms with van der Waals surface area (Å²) in [7, 11) is 0. The molecule has 3 heterocycles. The van der Waals surface area contributed by atoms with Crippen molar-refractivity contribution in [1.82, 2.24) is 14.8 Å². The second kappa shape index (κ2) is 8.05. The van der Waals surface area contributed by atoms with Crippen LogP contribution in [0.15, 0.2) is 52.3 Å². The maximum Gasteiger partial charge on any atom is 0.340 e. The van der Waals surface area contributed by atoms with Crippen LogP contribution in [0.5, 0.6) is 0 Å². The third-order valence-electron chi connectivity index (χ3n) is 4.75. The molecule has 1 aromatic carbocycles. The Labute approximate surface area is 172 Å². The van der Waals surface area contributed by atoms with Crippen LogP contribution in [0, 0.1) is 20.8 Å². The highest BCUT2D eigenvalue weighted by atomic mass is 32.1. The lowest BCUT2D eigenvalue weighted by Gasteiger charge is -2.08. The molecule has 0 radical (unpaired) electrons. The highest BCUT2D eigenvalue weighted by Gasteiger charge is 2.19. The number of benzene rings is 1. The van der Waals surface area contributed by atoms with Gasteiger partial charge in [-0.15, -0.1) is 21.5 Å². The Hall–Kier alpha value is -3.19. The van der Waals surface area contributed by atoms with E-state index in [1.54, 1.807) is 11.3 Å². The summed E-state index contributed by atoms with van der Waals surface area (Å²) < 4.78 is 13.2. The standard InChI is InChI=1S/C22H21N3O3S/c1-14-6-4-7-17(10-14)21-24-23-20(28-21)13-27-22(26)19-11-15(2)25(16(19)3)12-18-8-5-9-29-18/h4-11H,12-13H2,1-3H3. The van der Waals surface area contributed by atoms with Crippen LogP contribution in [0.3, 0.4) is 0 Å². The van der Waals surface area contributed by atoms with Gasteiger partial charge in [-0.2, -0.15) is 0 Å². The number of carbonyl (C=O) groups excluding carboxylic acids is 1. The second-order valence-corrected chi connectivity index (χ2v) is 7.93. The van der Waals surface area contributed by atoms with Gasteiger partial charge in [-0.3, -0.25) is 0 Å².